The van der Waals surface area contributed by atoms with Gasteiger partial charge in [-0.25, -0.2) is 0 Å². The summed E-state index contributed by atoms with van der Waals surface area (Å²) < 4.78 is 17.4. The third-order valence-electron chi connectivity index (χ3n) is 12.0. The first-order valence-electron chi connectivity index (χ1n) is 27.8. The van der Waals surface area contributed by atoms with Gasteiger partial charge in [0.15, 0.2) is 6.10 Å². The van der Waals surface area contributed by atoms with Crippen LogP contribution in [0, 0.1) is 0 Å². The van der Waals surface area contributed by atoms with E-state index >= 15 is 0 Å². The average molecular weight is 895 g/mol. The van der Waals surface area contributed by atoms with Crippen LogP contribution in [-0.2, 0) is 23.8 Å². The van der Waals surface area contributed by atoms with E-state index in [-0.39, 0.29) is 25.2 Å². The highest BCUT2D eigenvalue weighted by atomic mass is 16.6. The van der Waals surface area contributed by atoms with Crippen LogP contribution in [0.1, 0.15) is 278 Å². The van der Waals surface area contributed by atoms with Crippen molar-refractivity contribution >= 4 is 11.9 Å². The van der Waals surface area contributed by atoms with Crippen molar-refractivity contribution in [1.29, 1.82) is 0 Å². The molecule has 1 atom stereocenters. The lowest BCUT2D eigenvalue weighted by Gasteiger charge is -2.18. The summed E-state index contributed by atoms with van der Waals surface area (Å²) in [5, 5.41) is 0. The highest BCUT2D eigenvalue weighted by Gasteiger charge is 2.17. The summed E-state index contributed by atoms with van der Waals surface area (Å²) >= 11 is 0. The van der Waals surface area contributed by atoms with Gasteiger partial charge in [0.2, 0.25) is 0 Å². The molecule has 5 heteroatoms. The van der Waals surface area contributed by atoms with Gasteiger partial charge in [0.1, 0.15) is 6.61 Å². The monoisotopic (exact) mass is 895 g/mol. The number of carbonyl (C=O) groups is 2. The van der Waals surface area contributed by atoms with E-state index in [2.05, 4.69) is 81.5 Å². The molecule has 0 aliphatic rings. The van der Waals surface area contributed by atoms with Gasteiger partial charge in [0, 0.05) is 19.4 Å². The maximum absolute atomic E-state index is 12.8. The number of hydrogen-bond acceptors (Lipinski definition) is 5. The third kappa shape index (κ3) is 52.2. The zero-order chi connectivity index (χ0) is 46.3. The molecule has 0 saturated carbocycles. The Labute approximate surface area is 398 Å². The molecular formula is C59H106O5. The number of ether oxygens (including phenoxy) is 3. The topological polar surface area (TPSA) is 61.8 Å². The molecule has 0 saturated heterocycles. The molecule has 0 bridgehead atoms. The molecule has 0 heterocycles. The second-order valence-electron chi connectivity index (χ2n) is 18.4. The number of rotatable bonds is 51. The van der Waals surface area contributed by atoms with Crippen LogP contribution >= 0.6 is 0 Å². The summed E-state index contributed by atoms with van der Waals surface area (Å²) in [4.78, 5) is 25.5. The second-order valence-corrected chi connectivity index (χ2v) is 18.4. The number of unbranched alkanes of at least 4 members (excludes halogenated alkanes) is 30. The van der Waals surface area contributed by atoms with Crippen LogP contribution < -0.4 is 0 Å². The second kappa shape index (κ2) is 54.9. The van der Waals surface area contributed by atoms with E-state index in [9.17, 15) is 9.59 Å². The van der Waals surface area contributed by atoms with Crippen molar-refractivity contribution in [2.75, 3.05) is 19.8 Å². The van der Waals surface area contributed by atoms with Gasteiger partial charge in [-0.15, -0.1) is 0 Å². The van der Waals surface area contributed by atoms with E-state index in [0.29, 0.717) is 19.4 Å². The first kappa shape index (κ1) is 61.6. The van der Waals surface area contributed by atoms with E-state index in [1.807, 2.05) is 0 Å². The summed E-state index contributed by atoms with van der Waals surface area (Å²) in [6.07, 6.45) is 69.5. The van der Waals surface area contributed by atoms with Crippen molar-refractivity contribution in [2.45, 2.75) is 284 Å². The number of carbonyl (C=O) groups excluding carboxylic acids is 2. The van der Waals surface area contributed by atoms with Crippen molar-refractivity contribution in [3.63, 3.8) is 0 Å². The standard InChI is InChI=1S/C59H106O5/c1-4-7-10-13-16-19-22-25-28-30-32-34-37-40-43-46-49-52-58(60)63-56-57(55-62-54-51-48-45-42-39-36-33-29-26-23-20-17-14-11-8-5-2)64-59(61)53-50-47-44-41-38-35-31-27-24-21-18-15-12-9-6-3/h7,10,16,19,25-29,31,57H,4-6,8-9,11-15,17-18,20-24,30,32-56H2,1-3H3/b10-7-,19-16-,28-25-,29-26-,31-27-. The molecule has 0 aliphatic heterocycles. The SMILES string of the molecule is CC/C=C\C/C=C\C/C=C\CCCCCCCCCC(=O)OCC(COCCCCCCCC/C=C\CCCCCCCC)OC(=O)CCCCCCC/C=C\CCCCCCCC. The summed E-state index contributed by atoms with van der Waals surface area (Å²) in [5.41, 5.74) is 0. The molecule has 0 aromatic heterocycles. The van der Waals surface area contributed by atoms with Gasteiger partial charge < -0.3 is 14.2 Å². The molecule has 0 N–H and O–H groups in total. The van der Waals surface area contributed by atoms with Crippen LogP contribution in [0.15, 0.2) is 60.8 Å². The van der Waals surface area contributed by atoms with Gasteiger partial charge in [-0.1, -0.05) is 223 Å². The van der Waals surface area contributed by atoms with E-state index in [4.69, 9.17) is 14.2 Å². The number of esters is 2. The summed E-state index contributed by atoms with van der Waals surface area (Å²) in [5.74, 6) is -0.413. The smallest absolute Gasteiger partial charge is 0.306 e. The lowest BCUT2D eigenvalue weighted by molar-refractivity contribution is -0.163. The Bertz CT molecular complexity index is 1100. The molecule has 64 heavy (non-hydrogen) atoms. The van der Waals surface area contributed by atoms with Gasteiger partial charge in [0.25, 0.3) is 0 Å². The van der Waals surface area contributed by atoms with Crippen LogP contribution in [-0.4, -0.2) is 37.9 Å². The summed E-state index contributed by atoms with van der Waals surface area (Å²) in [6, 6.07) is 0. The fourth-order valence-corrected chi connectivity index (χ4v) is 7.87. The van der Waals surface area contributed by atoms with Crippen LogP contribution in [0.25, 0.3) is 0 Å². The Morgan fingerprint density at radius 2 is 0.703 bits per heavy atom. The van der Waals surface area contributed by atoms with Crippen LogP contribution in [0.4, 0.5) is 0 Å². The normalized spacial score (nSPS) is 12.6. The van der Waals surface area contributed by atoms with Crippen molar-refractivity contribution in [3.8, 4) is 0 Å². The molecule has 0 radical (unpaired) electrons. The minimum atomic E-state index is -0.548. The fraction of sp³-hybridized carbons (Fsp3) is 0.797. The number of allylic oxidation sites excluding steroid dienone is 10. The van der Waals surface area contributed by atoms with Crippen LogP contribution in [0.3, 0.4) is 0 Å². The minimum absolute atomic E-state index is 0.0748. The summed E-state index contributed by atoms with van der Waals surface area (Å²) in [7, 11) is 0. The third-order valence-corrected chi connectivity index (χ3v) is 12.0. The van der Waals surface area contributed by atoms with Gasteiger partial charge in [-0.05, 0) is 103 Å². The van der Waals surface area contributed by atoms with Gasteiger partial charge >= 0.3 is 11.9 Å². The Kier molecular flexibility index (Phi) is 52.9. The fourth-order valence-electron chi connectivity index (χ4n) is 7.87. The van der Waals surface area contributed by atoms with E-state index < -0.39 is 6.10 Å². The van der Waals surface area contributed by atoms with E-state index in [0.717, 1.165) is 83.5 Å². The predicted molar refractivity (Wildman–Crippen MR) is 279 cm³/mol. The Morgan fingerprint density at radius 1 is 0.359 bits per heavy atom. The van der Waals surface area contributed by atoms with E-state index in [1.165, 1.54) is 161 Å². The lowest BCUT2D eigenvalue weighted by atomic mass is 10.1. The van der Waals surface area contributed by atoms with Gasteiger partial charge in [-0.3, -0.25) is 9.59 Å². The van der Waals surface area contributed by atoms with Crippen molar-refractivity contribution in [3.05, 3.63) is 60.8 Å². The molecule has 5 nitrogen and oxygen atoms in total. The molecule has 0 spiro atoms. The molecule has 0 aromatic rings. The first-order chi connectivity index (χ1) is 31.6. The maximum Gasteiger partial charge on any atom is 0.306 e. The van der Waals surface area contributed by atoms with E-state index in [1.54, 1.807) is 0 Å². The van der Waals surface area contributed by atoms with Crippen LogP contribution in [0.5, 0.6) is 0 Å². The first-order valence-corrected chi connectivity index (χ1v) is 27.8. The molecule has 1 unspecified atom stereocenters. The zero-order valence-electron chi connectivity index (χ0n) is 42.8. The summed E-state index contributed by atoms with van der Waals surface area (Å²) in [6.45, 7) is 7.71. The molecule has 0 aliphatic carbocycles. The highest BCUT2D eigenvalue weighted by Crippen LogP contribution is 2.14. The minimum Gasteiger partial charge on any atom is -0.462 e. The predicted octanol–water partition coefficient (Wildman–Crippen LogP) is 18.9. The molecule has 0 fully saturated rings. The highest BCUT2D eigenvalue weighted by molar-refractivity contribution is 5.70. The van der Waals surface area contributed by atoms with Crippen LogP contribution in [0.2, 0.25) is 0 Å². The Hall–Kier alpha value is -2.40. The molecule has 0 rings (SSSR count). The molecule has 372 valence electrons. The van der Waals surface area contributed by atoms with Crippen molar-refractivity contribution in [1.82, 2.24) is 0 Å². The largest absolute Gasteiger partial charge is 0.462 e. The van der Waals surface area contributed by atoms with Crippen molar-refractivity contribution in [2.24, 2.45) is 0 Å². The molecule has 0 aromatic carbocycles. The Morgan fingerprint density at radius 3 is 1.14 bits per heavy atom. The van der Waals surface area contributed by atoms with Gasteiger partial charge in [0.05, 0.1) is 6.61 Å². The number of hydrogen-bond donors (Lipinski definition) is 0. The van der Waals surface area contributed by atoms with Crippen molar-refractivity contribution < 1.29 is 23.8 Å². The molecular weight excluding hydrogens is 789 g/mol. The molecule has 0 amide bonds. The quantitative estimate of drug-likeness (QED) is 0.0346. The Balaban J connectivity index is 4.29. The zero-order valence-corrected chi connectivity index (χ0v) is 42.8. The lowest BCUT2D eigenvalue weighted by Crippen LogP contribution is -2.30. The van der Waals surface area contributed by atoms with Gasteiger partial charge in [-0.2, -0.15) is 0 Å². The average Bonchev–Trinajstić information content (AvgIpc) is 3.30. The maximum atomic E-state index is 12.8.